The molecule has 0 bridgehead atoms. The highest BCUT2D eigenvalue weighted by atomic mass is 32.1. The van der Waals surface area contributed by atoms with Crippen molar-refractivity contribution in [2.24, 2.45) is 0 Å². The Balaban J connectivity index is 0.00000242. The molecule has 0 aromatic heterocycles. The normalized spacial score (nSPS) is 13.4. The lowest BCUT2D eigenvalue weighted by Crippen LogP contribution is -2.22. The number of nitrogens with one attached hydrogen (secondary N) is 1. The van der Waals surface area contributed by atoms with Crippen LogP contribution in [0.4, 0.5) is 13.2 Å². The molecule has 2 rings (SSSR count). The third-order valence-electron chi connectivity index (χ3n) is 3.51. The summed E-state index contributed by atoms with van der Waals surface area (Å²) in [6.07, 6.45) is -4.30. The fraction of sp³-hybridized carbons (Fsp3) is 0.294. The average Bonchev–Trinajstić information content (AvgIpc) is 2.47. The largest absolute Gasteiger partial charge is 0.416 e. The van der Waals surface area contributed by atoms with Gasteiger partial charge in [-0.15, -0.1) is 0 Å². The quantitative estimate of drug-likeness (QED) is 0.775. The number of alkyl halides is 3. The zero-order valence-corrected chi connectivity index (χ0v) is 15.0. The Labute approximate surface area is 149 Å². The predicted molar refractivity (Wildman–Crippen MR) is 98.6 cm³/mol. The first-order chi connectivity index (χ1) is 9.88. The first kappa shape index (κ1) is 21.9. The summed E-state index contributed by atoms with van der Waals surface area (Å²) in [6.45, 7) is 3.87. The van der Waals surface area contributed by atoms with Gasteiger partial charge in [0.05, 0.1) is 5.56 Å². The molecule has 1 N–H and O–H groups in total. The summed E-state index contributed by atoms with van der Waals surface area (Å²) in [5.41, 5.74) is 1.13. The van der Waals surface area contributed by atoms with Gasteiger partial charge in [0.2, 0.25) is 0 Å². The SMILES string of the molecule is C[C@H](N[C@@H](C)c1cccc(C(F)(F)F)c1)c1ccccc1.S.S. The molecular weight excluding hydrogens is 339 g/mol. The summed E-state index contributed by atoms with van der Waals surface area (Å²) in [7, 11) is 0. The third kappa shape index (κ3) is 6.12. The second kappa shape index (κ2) is 9.25. The van der Waals surface area contributed by atoms with Crippen molar-refractivity contribution in [2.45, 2.75) is 32.1 Å². The minimum absolute atomic E-state index is 0. The summed E-state index contributed by atoms with van der Waals surface area (Å²) in [4.78, 5) is 0. The van der Waals surface area contributed by atoms with Crippen molar-refractivity contribution in [3.63, 3.8) is 0 Å². The molecule has 0 fully saturated rings. The lowest BCUT2D eigenvalue weighted by Gasteiger charge is -2.21. The summed E-state index contributed by atoms with van der Waals surface area (Å²) in [5.74, 6) is 0. The first-order valence-electron chi connectivity index (χ1n) is 6.86. The lowest BCUT2D eigenvalue weighted by atomic mass is 10.0. The van der Waals surface area contributed by atoms with E-state index in [4.69, 9.17) is 0 Å². The van der Waals surface area contributed by atoms with Crippen molar-refractivity contribution in [1.82, 2.24) is 5.32 Å². The van der Waals surface area contributed by atoms with E-state index in [1.165, 1.54) is 12.1 Å². The second-order valence-electron chi connectivity index (χ2n) is 5.14. The fourth-order valence-electron chi connectivity index (χ4n) is 2.29. The maximum absolute atomic E-state index is 12.7. The molecule has 0 saturated heterocycles. The molecule has 0 amide bonds. The van der Waals surface area contributed by atoms with Crippen LogP contribution in [0, 0.1) is 0 Å². The molecule has 128 valence electrons. The molecule has 0 aliphatic carbocycles. The third-order valence-corrected chi connectivity index (χ3v) is 3.51. The molecule has 6 heteroatoms. The Morgan fingerprint density at radius 1 is 0.783 bits per heavy atom. The van der Waals surface area contributed by atoms with Crippen LogP contribution in [-0.2, 0) is 6.18 Å². The van der Waals surface area contributed by atoms with E-state index in [-0.39, 0.29) is 39.1 Å². The van der Waals surface area contributed by atoms with Gasteiger partial charge in [0, 0.05) is 12.1 Å². The van der Waals surface area contributed by atoms with Crippen LogP contribution in [0.1, 0.15) is 42.6 Å². The summed E-state index contributed by atoms with van der Waals surface area (Å²) >= 11 is 0. The van der Waals surface area contributed by atoms with Gasteiger partial charge in [0.15, 0.2) is 0 Å². The minimum Gasteiger partial charge on any atom is -0.304 e. The van der Waals surface area contributed by atoms with Gasteiger partial charge in [0.1, 0.15) is 0 Å². The van der Waals surface area contributed by atoms with Gasteiger partial charge in [0.25, 0.3) is 0 Å². The number of rotatable bonds is 4. The van der Waals surface area contributed by atoms with Crippen LogP contribution in [0.2, 0.25) is 0 Å². The van der Waals surface area contributed by atoms with Gasteiger partial charge in [-0.05, 0) is 37.1 Å². The molecule has 2 aromatic rings. The number of hydrogen-bond acceptors (Lipinski definition) is 1. The molecule has 1 nitrogen and oxygen atoms in total. The van der Waals surface area contributed by atoms with Crippen LogP contribution in [0.5, 0.6) is 0 Å². The van der Waals surface area contributed by atoms with Gasteiger partial charge in [-0.25, -0.2) is 0 Å². The van der Waals surface area contributed by atoms with Gasteiger partial charge in [-0.2, -0.15) is 40.2 Å². The predicted octanol–water partition coefficient (Wildman–Crippen LogP) is 5.34. The molecule has 2 atom stereocenters. The molecule has 0 aliphatic rings. The molecule has 0 aliphatic heterocycles. The molecule has 2 aromatic carbocycles. The van der Waals surface area contributed by atoms with E-state index in [1.807, 2.05) is 44.2 Å². The van der Waals surface area contributed by atoms with Gasteiger partial charge >= 0.3 is 6.18 Å². The van der Waals surface area contributed by atoms with Crippen LogP contribution in [0.3, 0.4) is 0 Å². The van der Waals surface area contributed by atoms with Gasteiger partial charge < -0.3 is 5.32 Å². The average molecular weight is 361 g/mol. The van der Waals surface area contributed by atoms with Crippen molar-refractivity contribution in [2.75, 3.05) is 0 Å². The van der Waals surface area contributed by atoms with Crippen molar-refractivity contribution in [3.8, 4) is 0 Å². The zero-order valence-electron chi connectivity index (χ0n) is 13.0. The van der Waals surface area contributed by atoms with Gasteiger partial charge in [-0.3, -0.25) is 0 Å². The van der Waals surface area contributed by atoms with Crippen molar-refractivity contribution < 1.29 is 13.2 Å². The van der Waals surface area contributed by atoms with E-state index in [2.05, 4.69) is 5.32 Å². The van der Waals surface area contributed by atoms with Crippen LogP contribution in [0.15, 0.2) is 54.6 Å². The minimum atomic E-state index is -4.30. The number of benzene rings is 2. The molecule has 0 spiro atoms. The van der Waals surface area contributed by atoms with E-state index < -0.39 is 11.7 Å². The van der Waals surface area contributed by atoms with E-state index >= 15 is 0 Å². The highest BCUT2D eigenvalue weighted by molar-refractivity contribution is 7.59. The highest BCUT2D eigenvalue weighted by Gasteiger charge is 2.30. The monoisotopic (exact) mass is 361 g/mol. The van der Waals surface area contributed by atoms with Crippen molar-refractivity contribution >= 4 is 27.0 Å². The maximum atomic E-state index is 12.7. The first-order valence-corrected chi connectivity index (χ1v) is 6.86. The van der Waals surface area contributed by atoms with Gasteiger partial charge in [-0.1, -0.05) is 42.5 Å². The Morgan fingerprint density at radius 3 is 1.87 bits per heavy atom. The second-order valence-corrected chi connectivity index (χ2v) is 5.14. The van der Waals surface area contributed by atoms with E-state index in [9.17, 15) is 13.2 Å². The standard InChI is InChI=1S/C17H18F3N.2H2S/c1-12(14-7-4-3-5-8-14)21-13(2)15-9-6-10-16(11-15)17(18,19)20;;/h3-13,21H,1-2H3;2*1H2/t12-,13-;;/m0../s1. The summed E-state index contributed by atoms with van der Waals surface area (Å²) in [5, 5.41) is 3.32. The smallest absolute Gasteiger partial charge is 0.304 e. The lowest BCUT2D eigenvalue weighted by molar-refractivity contribution is -0.137. The molecule has 23 heavy (non-hydrogen) atoms. The van der Waals surface area contributed by atoms with Crippen molar-refractivity contribution in [1.29, 1.82) is 0 Å². The fourth-order valence-corrected chi connectivity index (χ4v) is 2.29. The molecule has 0 heterocycles. The number of hydrogen-bond donors (Lipinski definition) is 1. The molecule has 0 saturated carbocycles. The van der Waals surface area contributed by atoms with E-state index in [0.29, 0.717) is 5.56 Å². The zero-order chi connectivity index (χ0) is 15.5. The van der Waals surface area contributed by atoms with E-state index in [1.54, 1.807) is 6.07 Å². The maximum Gasteiger partial charge on any atom is 0.416 e. The van der Waals surface area contributed by atoms with E-state index in [0.717, 1.165) is 11.6 Å². The van der Waals surface area contributed by atoms with Crippen LogP contribution in [-0.4, -0.2) is 0 Å². The molecule has 0 unspecified atom stereocenters. The van der Waals surface area contributed by atoms with Crippen molar-refractivity contribution in [3.05, 3.63) is 71.3 Å². The highest BCUT2D eigenvalue weighted by Crippen LogP contribution is 2.31. The topological polar surface area (TPSA) is 12.0 Å². The summed E-state index contributed by atoms with van der Waals surface area (Å²) < 4.78 is 38.2. The molecular formula is C17H22F3NS2. The van der Waals surface area contributed by atoms with Crippen LogP contribution >= 0.6 is 27.0 Å². The molecule has 0 radical (unpaired) electrons. The Morgan fingerprint density at radius 2 is 1.30 bits per heavy atom. The van der Waals surface area contributed by atoms with Crippen LogP contribution < -0.4 is 5.32 Å². The summed E-state index contributed by atoms with van der Waals surface area (Å²) in [6, 6.07) is 15.2. The number of halogens is 3. The van der Waals surface area contributed by atoms with Crippen LogP contribution in [0.25, 0.3) is 0 Å². The Kier molecular flexibility index (Phi) is 8.80. The Hall–Kier alpha value is -1.11. The Bertz CT molecular complexity index is 588.